The number of hydrogen-bond acceptors (Lipinski definition) is 6. The van der Waals surface area contributed by atoms with E-state index in [0.717, 1.165) is 19.3 Å². The van der Waals surface area contributed by atoms with Gasteiger partial charge in [-0.1, -0.05) is 103 Å². The summed E-state index contributed by atoms with van der Waals surface area (Å²) < 4.78 is 10.3. The molecule has 0 radical (unpaired) electrons. The van der Waals surface area contributed by atoms with Crippen molar-refractivity contribution in [1.82, 2.24) is 0 Å². The van der Waals surface area contributed by atoms with Crippen LogP contribution in [-0.4, -0.2) is 46.7 Å². The van der Waals surface area contributed by atoms with Gasteiger partial charge in [-0.2, -0.15) is 0 Å². The smallest absolute Gasteiger partial charge is 0.378 e. The molecule has 30 heavy (non-hydrogen) atoms. The fourth-order valence-corrected chi connectivity index (χ4v) is 3.79. The summed E-state index contributed by atoms with van der Waals surface area (Å²) in [5, 5.41) is 28.4. The number of carbonyl (C=O) groups is 1. The van der Waals surface area contributed by atoms with E-state index in [1.807, 2.05) is 0 Å². The number of cyclic esters (lactones) is 1. The first-order valence-electron chi connectivity index (χ1n) is 12.2. The average molecular weight is 429 g/mol. The first kappa shape index (κ1) is 26.8. The molecular formula is C24H44O6. The molecule has 0 saturated heterocycles. The van der Waals surface area contributed by atoms with Crippen LogP contribution >= 0.6 is 0 Å². The Kier molecular flexibility index (Phi) is 15.5. The zero-order chi connectivity index (χ0) is 22.0. The normalized spacial score (nSPS) is 17.4. The van der Waals surface area contributed by atoms with E-state index < -0.39 is 30.5 Å². The van der Waals surface area contributed by atoms with Crippen LogP contribution in [0.15, 0.2) is 11.5 Å². The van der Waals surface area contributed by atoms with Crippen LogP contribution in [-0.2, 0) is 14.3 Å². The summed E-state index contributed by atoms with van der Waals surface area (Å²) in [7, 11) is 0. The summed E-state index contributed by atoms with van der Waals surface area (Å²) in [6.07, 6.45) is 18.2. The summed E-state index contributed by atoms with van der Waals surface area (Å²) in [4.78, 5) is 11.4. The van der Waals surface area contributed by atoms with E-state index in [2.05, 4.69) is 6.92 Å². The van der Waals surface area contributed by atoms with Crippen LogP contribution in [0.1, 0.15) is 110 Å². The summed E-state index contributed by atoms with van der Waals surface area (Å²) in [6, 6.07) is 0. The number of esters is 1. The van der Waals surface area contributed by atoms with E-state index in [4.69, 9.17) is 14.6 Å². The zero-order valence-corrected chi connectivity index (χ0v) is 18.9. The first-order valence-corrected chi connectivity index (χ1v) is 12.2. The van der Waals surface area contributed by atoms with Crippen LogP contribution in [0, 0.1) is 0 Å². The van der Waals surface area contributed by atoms with Gasteiger partial charge in [0.05, 0.1) is 13.2 Å². The van der Waals surface area contributed by atoms with Gasteiger partial charge in [0.25, 0.3) is 0 Å². The second kappa shape index (κ2) is 17.4. The van der Waals surface area contributed by atoms with E-state index in [9.17, 15) is 15.0 Å². The molecule has 1 aliphatic heterocycles. The molecule has 0 aromatic carbocycles. The molecule has 0 amide bonds. The van der Waals surface area contributed by atoms with E-state index in [-0.39, 0.29) is 5.76 Å². The van der Waals surface area contributed by atoms with Gasteiger partial charge in [-0.15, -0.1) is 0 Å². The molecule has 0 aliphatic carbocycles. The minimum atomic E-state index is -1.29. The average Bonchev–Trinajstić information content (AvgIpc) is 3.03. The monoisotopic (exact) mass is 428 g/mol. The highest BCUT2D eigenvalue weighted by Gasteiger charge is 2.40. The number of rotatable bonds is 20. The van der Waals surface area contributed by atoms with Gasteiger partial charge in [0.15, 0.2) is 11.9 Å². The van der Waals surface area contributed by atoms with Gasteiger partial charge in [0, 0.05) is 0 Å². The second-order valence-corrected chi connectivity index (χ2v) is 8.44. The fourth-order valence-electron chi connectivity index (χ4n) is 3.79. The molecule has 0 unspecified atom stereocenters. The SMILES string of the molecule is CCCCCCCCCCCCCCCCCCOC1=C(O)C(=O)O[C@H]1[C@H](O)CO. The van der Waals surface area contributed by atoms with Crippen molar-refractivity contribution in [2.45, 2.75) is 122 Å². The van der Waals surface area contributed by atoms with Gasteiger partial charge < -0.3 is 24.8 Å². The molecule has 0 aromatic rings. The third-order valence-electron chi connectivity index (χ3n) is 5.71. The molecule has 6 nitrogen and oxygen atoms in total. The quantitative estimate of drug-likeness (QED) is 0.180. The van der Waals surface area contributed by atoms with Gasteiger partial charge in [-0.25, -0.2) is 4.79 Å². The number of unbranched alkanes of at least 4 members (excludes halogenated alkanes) is 15. The molecule has 3 N–H and O–H groups in total. The molecule has 6 heteroatoms. The van der Waals surface area contributed by atoms with Crippen molar-refractivity contribution in [2.75, 3.05) is 13.2 Å². The van der Waals surface area contributed by atoms with Gasteiger partial charge >= 0.3 is 5.97 Å². The van der Waals surface area contributed by atoms with Crippen molar-refractivity contribution in [3.05, 3.63) is 11.5 Å². The van der Waals surface area contributed by atoms with Crippen molar-refractivity contribution >= 4 is 5.97 Å². The zero-order valence-electron chi connectivity index (χ0n) is 18.9. The summed E-state index contributed by atoms with van der Waals surface area (Å²) >= 11 is 0. The summed E-state index contributed by atoms with van der Waals surface area (Å²) in [6.45, 7) is 2.04. The maximum absolute atomic E-state index is 11.4. The fraction of sp³-hybridized carbons (Fsp3) is 0.875. The van der Waals surface area contributed by atoms with Crippen molar-refractivity contribution in [2.24, 2.45) is 0 Å². The molecule has 1 aliphatic rings. The Morgan fingerprint density at radius 1 is 0.833 bits per heavy atom. The van der Waals surface area contributed by atoms with Gasteiger partial charge in [-0.3, -0.25) is 0 Å². The van der Waals surface area contributed by atoms with Gasteiger partial charge in [0.1, 0.15) is 6.10 Å². The molecule has 0 saturated carbocycles. The minimum Gasteiger partial charge on any atom is -0.499 e. The number of carbonyl (C=O) groups excluding carboxylic acids is 1. The topological polar surface area (TPSA) is 96.2 Å². The van der Waals surface area contributed by atoms with Crippen LogP contribution in [0.4, 0.5) is 0 Å². The number of hydrogen-bond donors (Lipinski definition) is 3. The van der Waals surface area contributed by atoms with E-state index >= 15 is 0 Å². The molecule has 0 bridgehead atoms. The van der Waals surface area contributed by atoms with Crippen LogP contribution in [0.5, 0.6) is 0 Å². The van der Waals surface area contributed by atoms with E-state index in [1.54, 1.807) is 0 Å². The Hall–Kier alpha value is -1.27. The molecule has 0 aromatic heterocycles. The van der Waals surface area contributed by atoms with E-state index in [0.29, 0.717) is 6.61 Å². The molecule has 2 atom stereocenters. The van der Waals surface area contributed by atoms with Gasteiger partial charge in [-0.05, 0) is 6.42 Å². The Labute approximate surface area is 182 Å². The molecule has 176 valence electrons. The lowest BCUT2D eigenvalue weighted by molar-refractivity contribution is -0.148. The minimum absolute atomic E-state index is 0.0671. The van der Waals surface area contributed by atoms with Crippen LogP contribution in [0.25, 0.3) is 0 Å². The molecule has 0 spiro atoms. The Morgan fingerprint density at radius 2 is 1.27 bits per heavy atom. The summed E-state index contributed by atoms with van der Waals surface area (Å²) in [5.41, 5.74) is 0. The molecular weight excluding hydrogens is 384 g/mol. The van der Waals surface area contributed by atoms with Crippen LogP contribution in [0.3, 0.4) is 0 Å². The van der Waals surface area contributed by atoms with Crippen molar-refractivity contribution in [3.63, 3.8) is 0 Å². The maximum atomic E-state index is 11.4. The summed E-state index contributed by atoms with van der Waals surface area (Å²) in [5.74, 6) is -1.60. The van der Waals surface area contributed by atoms with Crippen LogP contribution < -0.4 is 0 Å². The molecule has 1 heterocycles. The lowest BCUT2D eigenvalue weighted by Crippen LogP contribution is -2.32. The van der Waals surface area contributed by atoms with Gasteiger partial charge in [0.2, 0.25) is 5.76 Å². The predicted octanol–water partition coefficient (Wildman–Crippen LogP) is 5.31. The van der Waals surface area contributed by atoms with Crippen molar-refractivity contribution in [1.29, 1.82) is 0 Å². The first-order chi connectivity index (χ1) is 14.6. The van der Waals surface area contributed by atoms with E-state index in [1.165, 1.54) is 83.5 Å². The second-order valence-electron chi connectivity index (χ2n) is 8.44. The largest absolute Gasteiger partial charge is 0.499 e. The lowest BCUT2D eigenvalue weighted by atomic mass is 10.0. The third-order valence-corrected chi connectivity index (χ3v) is 5.71. The Bertz CT molecular complexity index is 476. The third kappa shape index (κ3) is 11.2. The molecule has 0 fully saturated rings. The Balaban J connectivity index is 1.90. The van der Waals surface area contributed by atoms with Crippen LogP contribution in [0.2, 0.25) is 0 Å². The number of ether oxygens (including phenoxy) is 2. The highest BCUT2D eigenvalue weighted by atomic mass is 16.6. The number of aliphatic hydroxyl groups excluding tert-OH is 3. The standard InChI is InChI=1S/C24H44O6/c1-2-3-4-5-6-7-8-9-10-11-12-13-14-15-16-17-18-29-23-21(27)24(28)30-22(23)20(26)19-25/h20,22,25-27H,2-19H2,1H3/t20-,22+/m1/s1. The maximum Gasteiger partial charge on any atom is 0.378 e. The molecule has 1 rings (SSSR count). The Morgan fingerprint density at radius 3 is 1.70 bits per heavy atom. The highest BCUT2D eigenvalue weighted by Crippen LogP contribution is 2.25. The van der Waals surface area contributed by atoms with Crippen molar-refractivity contribution < 1.29 is 29.6 Å². The highest BCUT2D eigenvalue weighted by molar-refractivity contribution is 5.89. The number of aliphatic hydroxyl groups is 3. The predicted molar refractivity (Wildman–Crippen MR) is 118 cm³/mol. The van der Waals surface area contributed by atoms with Crippen molar-refractivity contribution in [3.8, 4) is 0 Å². The lowest BCUT2D eigenvalue weighted by Gasteiger charge is -2.18.